The molecule has 4 nitrogen and oxygen atoms in total. The van der Waals surface area contributed by atoms with Crippen LogP contribution in [0.4, 0.5) is 0 Å². The van der Waals surface area contributed by atoms with Gasteiger partial charge in [0.2, 0.25) is 0 Å². The molecule has 0 radical (unpaired) electrons. The molecule has 2 heterocycles. The first-order valence-electron chi connectivity index (χ1n) is 4.08. The number of fused-ring (bicyclic) bond motifs is 1. The summed E-state index contributed by atoms with van der Waals surface area (Å²) in [5, 5.41) is 7.87. The van der Waals surface area contributed by atoms with Gasteiger partial charge in [-0.25, -0.2) is 0 Å². The summed E-state index contributed by atoms with van der Waals surface area (Å²) in [6, 6.07) is 1.97. The fourth-order valence-corrected chi connectivity index (χ4v) is 1.44. The van der Waals surface area contributed by atoms with Gasteiger partial charge >= 0.3 is 0 Å². The molecule has 13 heavy (non-hydrogen) atoms. The molecule has 0 aliphatic carbocycles. The van der Waals surface area contributed by atoms with Gasteiger partial charge in [-0.3, -0.25) is 4.40 Å². The maximum absolute atomic E-state index is 5.23. The van der Waals surface area contributed by atoms with Gasteiger partial charge in [0.05, 0.1) is 12.8 Å². The van der Waals surface area contributed by atoms with E-state index in [1.54, 1.807) is 13.4 Å². The van der Waals surface area contributed by atoms with E-state index in [0.717, 1.165) is 22.7 Å². The Hall–Kier alpha value is -1.58. The predicted molar refractivity (Wildman–Crippen MR) is 49.0 cm³/mol. The number of hydrogen-bond donors (Lipinski definition) is 0. The van der Waals surface area contributed by atoms with Gasteiger partial charge in [-0.05, 0) is 25.5 Å². The van der Waals surface area contributed by atoms with Gasteiger partial charge < -0.3 is 4.74 Å². The Morgan fingerprint density at radius 2 is 2.15 bits per heavy atom. The summed E-state index contributed by atoms with van der Waals surface area (Å²) in [5.74, 6) is 0.866. The predicted octanol–water partition coefficient (Wildman–Crippen LogP) is 1.35. The Morgan fingerprint density at radius 1 is 1.38 bits per heavy atom. The third-order valence-electron chi connectivity index (χ3n) is 2.19. The standard InChI is InChI=1S/C9H11N3O/c1-6-4-8(13-3)7(2)12-5-10-11-9(6)12/h4-5H,1-3H3. The molecule has 0 unspecified atom stereocenters. The highest BCUT2D eigenvalue weighted by Gasteiger charge is 2.07. The van der Waals surface area contributed by atoms with Gasteiger partial charge in [0.1, 0.15) is 12.1 Å². The van der Waals surface area contributed by atoms with Crippen molar-refractivity contribution in [1.29, 1.82) is 0 Å². The average Bonchev–Trinajstić information content (AvgIpc) is 2.60. The second-order valence-corrected chi connectivity index (χ2v) is 3.01. The van der Waals surface area contributed by atoms with Gasteiger partial charge in [0.25, 0.3) is 0 Å². The van der Waals surface area contributed by atoms with E-state index in [9.17, 15) is 0 Å². The van der Waals surface area contributed by atoms with Crippen LogP contribution in [-0.2, 0) is 0 Å². The van der Waals surface area contributed by atoms with E-state index in [1.807, 2.05) is 24.3 Å². The first kappa shape index (κ1) is 8.04. The molecule has 68 valence electrons. The molecule has 0 aliphatic heterocycles. The first-order valence-corrected chi connectivity index (χ1v) is 4.08. The monoisotopic (exact) mass is 177 g/mol. The summed E-state index contributed by atoms with van der Waals surface area (Å²) >= 11 is 0. The Bertz CT molecular complexity index is 447. The topological polar surface area (TPSA) is 39.4 Å². The molecule has 0 amide bonds. The Morgan fingerprint density at radius 3 is 2.85 bits per heavy atom. The third kappa shape index (κ3) is 1.06. The molecule has 4 heteroatoms. The largest absolute Gasteiger partial charge is 0.495 e. The minimum absolute atomic E-state index is 0.866. The second kappa shape index (κ2) is 2.73. The van der Waals surface area contributed by atoms with E-state index in [-0.39, 0.29) is 0 Å². The molecule has 0 aromatic carbocycles. The minimum atomic E-state index is 0.866. The smallest absolute Gasteiger partial charge is 0.163 e. The summed E-state index contributed by atoms with van der Waals surface area (Å²) in [6.45, 7) is 3.97. The van der Waals surface area contributed by atoms with Crippen molar-refractivity contribution in [2.75, 3.05) is 7.11 Å². The number of hydrogen-bond acceptors (Lipinski definition) is 3. The van der Waals surface area contributed by atoms with Crippen LogP contribution in [0, 0.1) is 13.8 Å². The van der Waals surface area contributed by atoms with Crippen molar-refractivity contribution in [2.45, 2.75) is 13.8 Å². The van der Waals surface area contributed by atoms with Gasteiger partial charge in [-0.15, -0.1) is 10.2 Å². The summed E-state index contributed by atoms with van der Waals surface area (Å²) < 4.78 is 7.15. The number of nitrogens with zero attached hydrogens (tertiary/aromatic N) is 3. The summed E-state index contributed by atoms with van der Waals surface area (Å²) in [4.78, 5) is 0. The molecule has 0 N–H and O–H groups in total. The van der Waals surface area contributed by atoms with Gasteiger partial charge in [0.15, 0.2) is 5.65 Å². The highest BCUT2D eigenvalue weighted by Crippen LogP contribution is 2.21. The molecule has 0 aliphatic rings. The van der Waals surface area contributed by atoms with Crippen LogP contribution in [0.3, 0.4) is 0 Å². The Kier molecular flexibility index (Phi) is 1.69. The molecular formula is C9H11N3O. The van der Waals surface area contributed by atoms with Crippen LogP contribution in [0.1, 0.15) is 11.3 Å². The number of aryl methyl sites for hydroxylation is 2. The van der Waals surface area contributed by atoms with Crippen molar-refractivity contribution >= 4 is 5.65 Å². The summed E-state index contributed by atoms with van der Waals surface area (Å²) in [5.41, 5.74) is 2.98. The summed E-state index contributed by atoms with van der Waals surface area (Å²) in [7, 11) is 1.66. The van der Waals surface area contributed by atoms with Crippen LogP contribution in [0.2, 0.25) is 0 Å². The maximum Gasteiger partial charge on any atom is 0.163 e. The van der Waals surface area contributed by atoms with Crippen molar-refractivity contribution in [3.05, 3.63) is 23.7 Å². The molecule has 2 aromatic rings. The average molecular weight is 177 g/mol. The fourth-order valence-electron chi connectivity index (χ4n) is 1.44. The van der Waals surface area contributed by atoms with Gasteiger partial charge in [-0.1, -0.05) is 0 Å². The van der Waals surface area contributed by atoms with Gasteiger partial charge in [0, 0.05) is 0 Å². The van der Waals surface area contributed by atoms with Crippen LogP contribution in [0.25, 0.3) is 5.65 Å². The third-order valence-corrected chi connectivity index (χ3v) is 2.19. The number of pyridine rings is 1. The fraction of sp³-hybridized carbons (Fsp3) is 0.333. The van der Waals surface area contributed by atoms with E-state index in [1.165, 1.54) is 0 Å². The number of methoxy groups -OCH3 is 1. The van der Waals surface area contributed by atoms with E-state index in [4.69, 9.17) is 4.74 Å². The lowest BCUT2D eigenvalue weighted by atomic mass is 10.2. The quantitative estimate of drug-likeness (QED) is 0.660. The van der Waals surface area contributed by atoms with E-state index < -0.39 is 0 Å². The second-order valence-electron chi connectivity index (χ2n) is 3.01. The van der Waals surface area contributed by atoms with Crippen LogP contribution in [-0.4, -0.2) is 21.7 Å². The molecular weight excluding hydrogens is 166 g/mol. The van der Waals surface area contributed by atoms with Crippen molar-refractivity contribution in [2.24, 2.45) is 0 Å². The molecule has 0 atom stereocenters. The number of rotatable bonds is 1. The zero-order chi connectivity index (χ0) is 9.42. The molecule has 0 spiro atoms. The van der Waals surface area contributed by atoms with Crippen LogP contribution < -0.4 is 4.74 Å². The first-order chi connectivity index (χ1) is 6.24. The maximum atomic E-state index is 5.23. The molecule has 2 rings (SSSR count). The Labute approximate surface area is 76.2 Å². The highest BCUT2D eigenvalue weighted by molar-refractivity contribution is 5.51. The highest BCUT2D eigenvalue weighted by atomic mass is 16.5. The lowest BCUT2D eigenvalue weighted by Gasteiger charge is -2.07. The Balaban J connectivity index is 2.85. The molecule has 2 aromatic heterocycles. The molecule has 0 saturated carbocycles. The normalized spacial score (nSPS) is 10.7. The van der Waals surface area contributed by atoms with Crippen LogP contribution in [0.5, 0.6) is 5.75 Å². The number of ether oxygens (including phenoxy) is 1. The van der Waals surface area contributed by atoms with E-state index >= 15 is 0 Å². The lowest BCUT2D eigenvalue weighted by Crippen LogP contribution is -1.97. The van der Waals surface area contributed by atoms with Crippen molar-refractivity contribution in [3.8, 4) is 5.75 Å². The van der Waals surface area contributed by atoms with Crippen molar-refractivity contribution in [3.63, 3.8) is 0 Å². The zero-order valence-electron chi connectivity index (χ0n) is 7.90. The number of aromatic nitrogens is 3. The zero-order valence-corrected chi connectivity index (χ0v) is 7.90. The molecule has 0 bridgehead atoms. The molecule has 0 fully saturated rings. The summed E-state index contributed by atoms with van der Waals surface area (Å²) in [6.07, 6.45) is 1.69. The van der Waals surface area contributed by atoms with Gasteiger partial charge in [-0.2, -0.15) is 0 Å². The lowest BCUT2D eigenvalue weighted by molar-refractivity contribution is 0.408. The van der Waals surface area contributed by atoms with Crippen LogP contribution >= 0.6 is 0 Å². The van der Waals surface area contributed by atoms with E-state index in [2.05, 4.69) is 10.2 Å². The molecule has 0 saturated heterocycles. The SMILES string of the molecule is COc1cc(C)c2nncn2c1C. The van der Waals surface area contributed by atoms with E-state index in [0.29, 0.717) is 0 Å². The minimum Gasteiger partial charge on any atom is -0.495 e. The van der Waals surface area contributed by atoms with Crippen molar-refractivity contribution < 1.29 is 4.74 Å². The van der Waals surface area contributed by atoms with Crippen LogP contribution in [0.15, 0.2) is 12.4 Å². The van der Waals surface area contributed by atoms with Crippen molar-refractivity contribution in [1.82, 2.24) is 14.6 Å².